The SMILES string of the molecule is CCCC1CCN(c2ccc(-c3ccccc3)cc2)CC1. The van der Waals surface area contributed by atoms with Crippen molar-refractivity contribution in [2.75, 3.05) is 18.0 Å². The fraction of sp³-hybridized carbons (Fsp3) is 0.400. The third kappa shape index (κ3) is 3.47. The van der Waals surface area contributed by atoms with Crippen LogP contribution >= 0.6 is 0 Å². The minimum absolute atomic E-state index is 0.954. The standard InChI is InChI=1S/C20H25N/c1-2-6-17-13-15-21(16-14-17)20-11-9-19(10-12-20)18-7-4-3-5-8-18/h3-5,7-12,17H,2,6,13-16H2,1H3. The molecule has 0 amide bonds. The lowest BCUT2D eigenvalue weighted by atomic mass is 9.92. The van der Waals surface area contributed by atoms with Crippen LogP contribution in [0.25, 0.3) is 11.1 Å². The van der Waals surface area contributed by atoms with Gasteiger partial charge in [0.25, 0.3) is 0 Å². The minimum atomic E-state index is 0.954. The van der Waals surface area contributed by atoms with Crippen molar-refractivity contribution in [3.63, 3.8) is 0 Å². The average molecular weight is 279 g/mol. The smallest absolute Gasteiger partial charge is 0.0366 e. The van der Waals surface area contributed by atoms with Gasteiger partial charge in [0.1, 0.15) is 0 Å². The van der Waals surface area contributed by atoms with Gasteiger partial charge in [-0.1, -0.05) is 62.2 Å². The first-order valence-corrected chi connectivity index (χ1v) is 8.27. The van der Waals surface area contributed by atoms with Gasteiger partial charge in [0.05, 0.1) is 0 Å². The summed E-state index contributed by atoms with van der Waals surface area (Å²) in [7, 11) is 0. The molecule has 0 spiro atoms. The Morgan fingerprint density at radius 2 is 1.48 bits per heavy atom. The third-order valence-corrected chi connectivity index (χ3v) is 4.65. The number of hydrogen-bond donors (Lipinski definition) is 0. The van der Waals surface area contributed by atoms with E-state index in [9.17, 15) is 0 Å². The summed E-state index contributed by atoms with van der Waals surface area (Å²) in [4.78, 5) is 2.54. The maximum absolute atomic E-state index is 2.54. The van der Waals surface area contributed by atoms with Gasteiger partial charge in [0, 0.05) is 18.8 Å². The van der Waals surface area contributed by atoms with Gasteiger partial charge in [-0.05, 0) is 42.0 Å². The number of rotatable bonds is 4. The van der Waals surface area contributed by atoms with Gasteiger partial charge in [-0.15, -0.1) is 0 Å². The zero-order valence-electron chi connectivity index (χ0n) is 13.0. The number of anilines is 1. The minimum Gasteiger partial charge on any atom is -0.372 e. The van der Waals surface area contributed by atoms with Crippen molar-refractivity contribution in [1.82, 2.24) is 0 Å². The Labute approximate surface area is 128 Å². The zero-order valence-corrected chi connectivity index (χ0v) is 13.0. The summed E-state index contributed by atoms with van der Waals surface area (Å²) < 4.78 is 0. The Kier molecular flexibility index (Phi) is 4.59. The van der Waals surface area contributed by atoms with Crippen LogP contribution in [-0.4, -0.2) is 13.1 Å². The normalized spacial score (nSPS) is 16.1. The Bertz CT molecular complexity index is 536. The molecule has 1 heteroatoms. The highest BCUT2D eigenvalue weighted by Crippen LogP contribution is 2.28. The van der Waals surface area contributed by atoms with Crippen molar-refractivity contribution < 1.29 is 0 Å². The quantitative estimate of drug-likeness (QED) is 0.727. The molecule has 2 aromatic rings. The van der Waals surface area contributed by atoms with Gasteiger partial charge in [0.2, 0.25) is 0 Å². The van der Waals surface area contributed by atoms with Crippen LogP contribution in [-0.2, 0) is 0 Å². The van der Waals surface area contributed by atoms with E-state index < -0.39 is 0 Å². The van der Waals surface area contributed by atoms with E-state index in [0.29, 0.717) is 0 Å². The molecule has 0 aliphatic carbocycles. The maximum atomic E-state index is 2.54. The molecule has 1 aliphatic heterocycles. The molecule has 0 atom stereocenters. The largest absolute Gasteiger partial charge is 0.372 e. The van der Waals surface area contributed by atoms with Crippen molar-refractivity contribution >= 4 is 5.69 Å². The van der Waals surface area contributed by atoms with E-state index in [1.54, 1.807) is 0 Å². The summed E-state index contributed by atoms with van der Waals surface area (Å²) >= 11 is 0. The number of nitrogens with zero attached hydrogens (tertiary/aromatic N) is 1. The second kappa shape index (κ2) is 6.80. The summed E-state index contributed by atoms with van der Waals surface area (Å²) in [6.45, 7) is 4.74. The van der Waals surface area contributed by atoms with Crippen LogP contribution in [0.15, 0.2) is 54.6 Å². The summed E-state index contributed by atoms with van der Waals surface area (Å²) in [5, 5.41) is 0. The fourth-order valence-corrected chi connectivity index (χ4v) is 3.38. The van der Waals surface area contributed by atoms with E-state index in [1.807, 2.05) is 0 Å². The van der Waals surface area contributed by atoms with Gasteiger partial charge in [-0.2, -0.15) is 0 Å². The molecule has 1 fully saturated rings. The molecule has 0 bridgehead atoms. The molecule has 0 aromatic heterocycles. The molecule has 2 aromatic carbocycles. The van der Waals surface area contributed by atoms with E-state index in [0.717, 1.165) is 5.92 Å². The summed E-state index contributed by atoms with van der Waals surface area (Å²) in [6, 6.07) is 19.7. The molecule has 0 saturated carbocycles. The molecule has 1 aliphatic rings. The van der Waals surface area contributed by atoms with Gasteiger partial charge in [-0.3, -0.25) is 0 Å². The molecular weight excluding hydrogens is 254 g/mol. The van der Waals surface area contributed by atoms with Crippen LogP contribution in [0.4, 0.5) is 5.69 Å². The molecule has 1 nitrogen and oxygen atoms in total. The lowest BCUT2D eigenvalue weighted by molar-refractivity contribution is 0.378. The topological polar surface area (TPSA) is 3.24 Å². The highest BCUT2D eigenvalue weighted by molar-refractivity contribution is 5.66. The molecule has 1 heterocycles. The lowest BCUT2D eigenvalue weighted by Crippen LogP contribution is -2.33. The molecule has 110 valence electrons. The fourth-order valence-electron chi connectivity index (χ4n) is 3.38. The monoisotopic (exact) mass is 279 g/mol. The van der Waals surface area contributed by atoms with E-state index in [2.05, 4.69) is 66.4 Å². The van der Waals surface area contributed by atoms with Crippen LogP contribution < -0.4 is 4.90 Å². The Morgan fingerprint density at radius 1 is 0.857 bits per heavy atom. The van der Waals surface area contributed by atoms with Crippen LogP contribution in [0.1, 0.15) is 32.6 Å². The first kappa shape index (κ1) is 14.2. The van der Waals surface area contributed by atoms with Crippen LogP contribution in [0, 0.1) is 5.92 Å². The van der Waals surface area contributed by atoms with Crippen molar-refractivity contribution in [2.45, 2.75) is 32.6 Å². The number of piperidine rings is 1. The molecule has 0 unspecified atom stereocenters. The highest BCUT2D eigenvalue weighted by Gasteiger charge is 2.18. The maximum Gasteiger partial charge on any atom is 0.0366 e. The molecule has 0 N–H and O–H groups in total. The summed E-state index contributed by atoms with van der Waals surface area (Å²) in [5.41, 5.74) is 3.98. The molecule has 3 rings (SSSR count). The van der Waals surface area contributed by atoms with Gasteiger partial charge >= 0.3 is 0 Å². The zero-order chi connectivity index (χ0) is 14.5. The van der Waals surface area contributed by atoms with Crippen molar-refractivity contribution in [1.29, 1.82) is 0 Å². The van der Waals surface area contributed by atoms with Gasteiger partial charge in [0.15, 0.2) is 0 Å². The summed E-state index contributed by atoms with van der Waals surface area (Å²) in [6.07, 6.45) is 5.44. The highest BCUT2D eigenvalue weighted by atomic mass is 15.1. The summed E-state index contributed by atoms with van der Waals surface area (Å²) in [5.74, 6) is 0.954. The first-order chi connectivity index (χ1) is 10.4. The number of benzene rings is 2. The van der Waals surface area contributed by atoms with Gasteiger partial charge in [-0.25, -0.2) is 0 Å². The lowest BCUT2D eigenvalue weighted by Gasteiger charge is -2.33. The second-order valence-corrected chi connectivity index (χ2v) is 6.13. The van der Waals surface area contributed by atoms with Gasteiger partial charge < -0.3 is 4.90 Å². The molecule has 21 heavy (non-hydrogen) atoms. The predicted octanol–water partition coefficient (Wildman–Crippen LogP) is 5.37. The molecule has 1 saturated heterocycles. The first-order valence-electron chi connectivity index (χ1n) is 8.27. The second-order valence-electron chi connectivity index (χ2n) is 6.13. The third-order valence-electron chi connectivity index (χ3n) is 4.65. The Morgan fingerprint density at radius 3 is 2.10 bits per heavy atom. The predicted molar refractivity (Wildman–Crippen MR) is 91.7 cm³/mol. The van der Waals surface area contributed by atoms with E-state index in [4.69, 9.17) is 0 Å². The molecule has 0 radical (unpaired) electrons. The van der Waals surface area contributed by atoms with Crippen molar-refractivity contribution in [2.24, 2.45) is 5.92 Å². The average Bonchev–Trinajstić information content (AvgIpc) is 2.57. The van der Waals surface area contributed by atoms with Crippen molar-refractivity contribution in [3.05, 3.63) is 54.6 Å². The van der Waals surface area contributed by atoms with Crippen LogP contribution in [0.2, 0.25) is 0 Å². The van der Waals surface area contributed by atoms with Crippen LogP contribution in [0.3, 0.4) is 0 Å². The van der Waals surface area contributed by atoms with E-state index >= 15 is 0 Å². The molecular formula is C20H25N. The number of hydrogen-bond acceptors (Lipinski definition) is 1. The van der Waals surface area contributed by atoms with Crippen LogP contribution in [0.5, 0.6) is 0 Å². The Hall–Kier alpha value is -1.76. The van der Waals surface area contributed by atoms with Crippen molar-refractivity contribution in [3.8, 4) is 11.1 Å². The Balaban J connectivity index is 1.65. The van der Waals surface area contributed by atoms with E-state index in [-0.39, 0.29) is 0 Å². The van der Waals surface area contributed by atoms with E-state index in [1.165, 1.54) is 55.6 Å².